The highest BCUT2D eigenvalue weighted by Gasteiger charge is 2.36. The maximum atomic E-state index is 14.1. The topological polar surface area (TPSA) is 97.6 Å². The van der Waals surface area contributed by atoms with Gasteiger partial charge in [0.25, 0.3) is 5.56 Å². The van der Waals surface area contributed by atoms with Crippen molar-refractivity contribution in [3.8, 4) is 23.0 Å². The number of carbonyl (C=O) groups is 1. The Kier molecular flexibility index (Phi) is 9.93. The summed E-state index contributed by atoms with van der Waals surface area (Å²) in [6.45, 7) is 6.31. The fraction of sp³-hybridized carbons (Fsp3) is 0.367. The first-order valence-corrected chi connectivity index (χ1v) is 14.9. The number of fused-ring (bicyclic) bond motifs is 1. The number of rotatable bonds is 11. The molecular weight excluding hydrogens is 612 g/mol. The number of halogens is 1. The molecule has 0 saturated heterocycles. The van der Waals surface area contributed by atoms with E-state index in [4.69, 9.17) is 28.7 Å². The van der Waals surface area contributed by atoms with Crippen molar-refractivity contribution in [2.45, 2.75) is 39.7 Å². The molecule has 4 rings (SSSR count). The Morgan fingerprint density at radius 2 is 1.80 bits per heavy atom. The highest BCUT2D eigenvalue weighted by molar-refractivity contribution is 9.10. The third-order valence-corrected chi connectivity index (χ3v) is 8.03. The third-order valence-electron chi connectivity index (χ3n) is 6.46. The molecule has 0 unspecified atom stereocenters. The minimum absolute atomic E-state index is 0.183. The quantitative estimate of drug-likeness (QED) is 0.278. The van der Waals surface area contributed by atoms with Gasteiger partial charge in [-0.15, -0.1) is 0 Å². The van der Waals surface area contributed by atoms with E-state index < -0.39 is 12.0 Å². The Hall–Kier alpha value is -3.57. The van der Waals surface area contributed by atoms with E-state index in [1.807, 2.05) is 26.0 Å². The van der Waals surface area contributed by atoms with Crippen LogP contribution in [0.5, 0.6) is 23.0 Å². The van der Waals surface area contributed by atoms with Crippen molar-refractivity contribution >= 4 is 39.3 Å². The van der Waals surface area contributed by atoms with Crippen molar-refractivity contribution in [2.24, 2.45) is 4.99 Å². The molecule has 41 heavy (non-hydrogen) atoms. The summed E-state index contributed by atoms with van der Waals surface area (Å²) in [5.41, 5.74) is 1.92. The summed E-state index contributed by atoms with van der Waals surface area (Å²) in [6, 6.07) is 8.15. The van der Waals surface area contributed by atoms with Gasteiger partial charge < -0.3 is 23.7 Å². The number of benzene rings is 2. The summed E-state index contributed by atoms with van der Waals surface area (Å²) in [5, 5.41) is 0. The van der Waals surface area contributed by atoms with Gasteiger partial charge in [0.1, 0.15) is 17.5 Å². The largest absolute Gasteiger partial charge is 0.497 e. The molecular formula is C30H33BrN2O7S. The number of aromatic nitrogens is 1. The molecule has 1 atom stereocenters. The Bertz CT molecular complexity index is 1660. The van der Waals surface area contributed by atoms with Crippen LogP contribution in [0, 0.1) is 0 Å². The molecule has 2 heterocycles. The molecule has 0 aliphatic carbocycles. The maximum absolute atomic E-state index is 14.1. The third kappa shape index (κ3) is 6.06. The number of ether oxygens (including phenoxy) is 5. The van der Waals surface area contributed by atoms with Gasteiger partial charge in [0.15, 0.2) is 16.3 Å². The van der Waals surface area contributed by atoms with Crippen LogP contribution in [0.1, 0.15) is 50.8 Å². The molecule has 1 aliphatic heterocycles. The minimum atomic E-state index is -0.833. The number of esters is 1. The lowest BCUT2D eigenvalue weighted by molar-refractivity contribution is -0.139. The van der Waals surface area contributed by atoms with Crippen molar-refractivity contribution in [3.63, 3.8) is 0 Å². The Balaban J connectivity index is 2.03. The van der Waals surface area contributed by atoms with Crippen molar-refractivity contribution in [1.82, 2.24) is 4.57 Å². The molecule has 9 nitrogen and oxygen atoms in total. The van der Waals surface area contributed by atoms with Gasteiger partial charge in [-0.25, -0.2) is 9.79 Å². The molecule has 0 fully saturated rings. The SMILES string of the molecule is CCCC1=C(C(=O)OCC)[C@@H](c2cc(OC)ccc2OC)n2c(s/c(=C\c3cc(Br)c(OCC)c(OC)c3)c2=O)=N1. The van der Waals surface area contributed by atoms with Crippen LogP contribution < -0.4 is 33.8 Å². The molecule has 0 saturated carbocycles. The molecule has 0 N–H and O–H groups in total. The van der Waals surface area contributed by atoms with Gasteiger partial charge >= 0.3 is 5.97 Å². The number of methoxy groups -OCH3 is 3. The number of carbonyl (C=O) groups excluding carboxylic acids is 1. The lowest BCUT2D eigenvalue weighted by Gasteiger charge is -2.27. The van der Waals surface area contributed by atoms with E-state index >= 15 is 0 Å². The molecule has 1 aromatic heterocycles. The van der Waals surface area contributed by atoms with Gasteiger partial charge in [0, 0.05) is 5.56 Å². The van der Waals surface area contributed by atoms with Gasteiger partial charge in [0.2, 0.25) is 0 Å². The van der Waals surface area contributed by atoms with E-state index in [1.165, 1.54) is 11.3 Å². The smallest absolute Gasteiger partial charge is 0.338 e. The highest BCUT2D eigenvalue weighted by Crippen LogP contribution is 2.39. The molecule has 11 heteroatoms. The number of thiazole rings is 1. The van der Waals surface area contributed by atoms with Gasteiger partial charge in [0.05, 0.1) is 54.8 Å². The molecule has 2 aromatic carbocycles. The van der Waals surface area contributed by atoms with E-state index in [2.05, 4.69) is 15.9 Å². The zero-order chi connectivity index (χ0) is 29.7. The normalized spacial score (nSPS) is 14.8. The lowest BCUT2D eigenvalue weighted by atomic mass is 9.93. The summed E-state index contributed by atoms with van der Waals surface area (Å²) in [7, 11) is 4.67. The first-order chi connectivity index (χ1) is 19.8. The molecule has 1 aliphatic rings. The van der Waals surface area contributed by atoms with Crippen LogP contribution in [-0.4, -0.2) is 45.1 Å². The average Bonchev–Trinajstić information content (AvgIpc) is 3.27. The summed E-state index contributed by atoms with van der Waals surface area (Å²) < 4.78 is 30.6. The number of allylic oxidation sites excluding steroid dienone is 1. The summed E-state index contributed by atoms with van der Waals surface area (Å²) in [4.78, 5) is 32.9. The van der Waals surface area contributed by atoms with E-state index in [-0.39, 0.29) is 12.2 Å². The van der Waals surface area contributed by atoms with Crippen molar-refractivity contribution in [2.75, 3.05) is 34.5 Å². The average molecular weight is 646 g/mol. The number of hydrogen-bond acceptors (Lipinski definition) is 9. The van der Waals surface area contributed by atoms with Crippen molar-refractivity contribution in [3.05, 3.63) is 76.9 Å². The van der Waals surface area contributed by atoms with E-state index in [0.717, 1.165) is 12.0 Å². The van der Waals surface area contributed by atoms with E-state index in [9.17, 15) is 9.59 Å². The van der Waals surface area contributed by atoms with Crippen molar-refractivity contribution < 1.29 is 28.5 Å². The maximum Gasteiger partial charge on any atom is 0.338 e. The molecule has 0 spiro atoms. The second-order valence-corrected chi connectivity index (χ2v) is 10.9. The van der Waals surface area contributed by atoms with Crippen LogP contribution in [-0.2, 0) is 9.53 Å². The molecule has 0 amide bonds. The van der Waals surface area contributed by atoms with E-state index in [0.29, 0.717) is 66.7 Å². The Labute approximate surface area is 250 Å². The second-order valence-electron chi connectivity index (χ2n) is 8.99. The number of nitrogens with zero attached hydrogens (tertiary/aromatic N) is 2. The van der Waals surface area contributed by atoms with Crippen molar-refractivity contribution in [1.29, 1.82) is 0 Å². The van der Waals surface area contributed by atoms with Crippen LogP contribution in [0.15, 0.2) is 55.9 Å². The second kappa shape index (κ2) is 13.4. The van der Waals surface area contributed by atoms with Crippen LogP contribution in [0.2, 0.25) is 0 Å². The van der Waals surface area contributed by atoms with Crippen LogP contribution in [0.4, 0.5) is 0 Å². The van der Waals surface area contributed by atoms with E-state index in [1.54, 1.807) is 57.1 Å². The Morgan fingerprint density at radius 3 is 2.44 bits per heavy atom. The standard InChI is InChI=1S/C30H33BrN2O7S/c1-7-10-21-25(29(35)40-9-3)26(19-16-18(36-4)11-12-22(19)37-5)33-28(34)24(41-30(33)32-21)15-17-13-20(31)27(39-8-2)23(14-17)38-6/h11-16,26H,7-10H2,1-6H3/b24-15-/t26-/m1/s1. The first kappa shape index (κ1) is 30.4. The first-order valence-electron chi connectivity index (χ1n) is 13.3. The van der Waals surface area contributed by atoms with Gasteiger partial charge in [-0.1, -0.05) is 24.7 Å². The monoisotopic (exact) mass is 644 g/mol. The van der Waals surface area contributed by atoms with Gasteiger partial charge in [-0.3, -0.25) is 9.36 Å². The summed E-state index contributed by atoms with van der Waals surface area (Å²) in [6.07, 6.45) is 3.06. The predicted octanol–water partition coefficient (Wildman–Crippen LogP) is 4.77. The lowest BCUT2D eigenvalue weighted by Crippen LogP contribution is -2.40. The zero-order valence-corrected chi connectivity index (χ0v) is 26.3. The predicted molar refractivity (Wildman–Crippen MR) is 161 cm³/mol. The number of hydrogen-bond donors (Lipinski definition) is 0. The minimum Gasteiger partial charge on any atom is -0.497 e. The summed E-state index contributed by atoms with van der Waals surface area (Å²) in [5.74, 6) is 1.66. The molecule has 0 bridgehead atoms. The van der Waals surface area contributed by atoms with Crippen LogP contribution >= 0.6 is 27.3 Å². The fourth-order valence-electron chi connectivity index (χ4n) is 4.73. The molecule has 0 radical (unpaired) electrons. The van der Waals surface area contributed by atoms with Crippen LogP contribution in [0.3, 0.4) is 0 Å². The summed E-state index contributed by atoms with van der Waals surface area (Å²) >= 11 is 4.81. The highest BCUT2D eigenvalue weighted by atomic mass is 79.9. The fourth-order valence-corrected chi connectivity index (χ4v) is 6.32. The molecule has 218 valence electrons. The Morgan fingerprint density at radius 1 is 1.05 bits per heavy atom. The van der Waals surface area contributed by atoms with Gasteiger partial charge in [-0.2, -0.15) is 0 Å². The van der Waals surface area contributed by atoms with Gasteiger partial charge in [-0.05, 0) is 78.2 Å². The zero-order valence-electron chi connectivity index (χ0n) is 23.9. The van der Waals surface area contributed by atoms with Crippen LogP contribution in [0.25, 0.3) is 6.08 Å². The molecule has 3 aromatic rings.